The Labute approximate surface area is 204 Å². The second-order valence-corrected chi connectivity index (χ2v) is 8.89. The summed E-state index contributed by atoms with van der Waals surface area (Å²) < 4.78 is 0. The quantitative estimate of drug-likeness (QED) is 0.352. The number of hydrogen-bond acceptors (Lipinski definition) is 4. The number of hydrogen-bond donors (Lipinski definition) is 3. The number of benzene rings is 3. The van der Waals surface area contributed by atoms with Crippen LogP contribution in [0.1, 0.15) is 17.0 Å². The molecule has 1 heterocycles. The number of nitrogens with two attached hydrogens (primary N) is 1. The van der Waals surface area contributed by atoms with Gasteiger partial charge in [0.05, 0.1) is 28.0 Å². The predicted octanol–water partition coefficient (Wildman–Crippen LogP) is 4.86. The number of carbonyl (C=O) groups is 2. The van der Waals surface area contributed by atoms with Crippen LogP contribution in [0.25, 0.3) is 6.08 Å². The van der Waals surface area contributed by atoms with Crippen molar-refractivity contribution in [1.29, 1.82) is 0 Å². The molecular weight excluding hydrogens is 448 g/mol. The fourth-order valence-corrected chi connectivity index (χ4v) is 4.39. The van der Waals surface area contributed by atoms with Gasteiger partial charge in [-0.1, -0.05) is 60.1 Å². The summed E-state index contributed by atoms with van der Waals surface area (Å²) in [5.74, 6) is -0.418. The van der Waals surface area contributed by atoms with Crippen molar-refractivity contribution in [3.8, 4) is 0 Å². The minimum atomic E-state index is -0.254. The van der Waals surface area contributed by atoms with Crippen LogP contribution in [0.3, 0.4) is 0 Å². The van der Waals surface area contributed by atoms with Crippen LogP contribution in [0.2, 0.25) is 5.02 Å². The van der Waals surface area contributed by atoms with Crippen LogP contribution in [-0.2, 0) is 9.59 Å². The van der Waals surface area contributed by atoms with E-state index in [2.05, 4.69) is 15.5 Å². The lowest BCUT2D eigenvalue weighted by Crippen LogP contribution is -2.28. The molecule has 1 aliphatic heterocycles. The van der Waals surface area contributed by atoms with E-state index in [1.54, 1.807) is 30.3 Å². The summed E-state index contributed by atoms with van der Waals surface area (Å²) in [4.78, 5) is 27.4. The Kier molecular flexibility index (Phi) is 7.30. The van der Waals surface area contributed by atoms with Crippen molar-refractivity contribution in [3.05, 3.63) is 95.0 Å². The Hall–Kier alpha value is -3.61. The van der Waals surface area contributed by atoms with E-state index in [0.29, 0.717) is 28.6 Å². The van der Waals surface area contributed by atoms with Gasteiger partial charge >= 0.3 is 0 Å². The number of likely N-dealkylation sites (N-methyl/N-ethyl adjacent to an activating group) is 1. The maximum Gasteiger partial charge on any atom is 0.248 e. The largest absolute Gasteiger partial charge is 0.397 e. The zero-order valence-electron chi connectivity index (χ0n) is 18.9. The number of likely N-dealkylation sites (tertiary alicyclic amines) is 1. The lowest BCUT2D eigenvalue weighted by molar-refractivity contribution is -0.119. The standard InChI is InChI=1S/C27H27ClN4O2/c1-32-16-20(21(17-32)27(34)31-24-8-4-2-6-22(24)28)19-13-10-18(11-14-19)12-15-26(33)30-25-9-5-3-7-23(25)29/h2-15,20-21H,16-17,29H2,1H3,(H,30,33)(H,31,34). The molecule has 7 heteroatoms. The fraction of sp³-hybridized carbons (Fsp3) is 0.185. The molecule has 0 spiro atoms. The van der Waals surface area contributed by atoms with Crippen LogP contribution in [-0.4, -0.2) is 36.9 Å². The molecular formula is C27H27ClN4O2. The summed E-state index contributed by atoms with van der Waals surface area (Å²) in [5.41, 5.74) is 9.57. The molecule has 1 fully saturated rings. The lowest BCUT2D eigenvalue weighted by Gasteiger charge is -2.19. The number of carbonyl (C=O) groups excluding carboxylic acids is 2. The highest BCUT2D eigenvalue weighted by Gasteiger charge is 2.37. The molecule has 0 aliphatic carbocycles. The van der Waals surface area contributed by atoms with Crippen molar-refractivity contribution < 1.29 is 9.59 Å². The molecule has 2 unspecified atom stereocenters. The summed E-state index contributed by atoms with van der Waals surface area (Å²) in [6, 6.07) is 22.3. The van der Waals surface area contributed by atoms with Crippen LogP contribution >= 0.6 is 11.6 Å². The van der Waals surface area contributed by atoms with Gasteiger partial charge in [-0.2, -0.15) is 0 Å². The number of nitrogen functional groups attached to an aromatic ring is 1. The van der Waals surface area contributed by atoms with Gasteiger partial charge in [0.15, 0.2) is 0 Å². The molecule has 4 rings (SSSR count). The molecule has 0 bridgehead atoms. The first-order chi connectivity index (χ1) is 16.4. The number of rotatable bonds is 6. The average Bonchev–Trinajstić information content (AvgIpc) is 3.23. The summed E-state index contributed by atoms with van der Waals surface area (Å²) in [6.07, 6.45) is 3.23. The number of halogens is 1. The van der Waals surface area contributed by atoms with Crippen LogP contribution in [0, 0.1) is 5.92 Å². The summed E-state index contributed by atoms with van der Waals surface area (Å²) in [7, 11) is 2.02. The SMILES string of the molecule is CN1CC(C(=O)Nc2ccccc2Cl)C(c2ccc(C=CC(=O)Nc3ccccc3N)cc2)C1. The van der Waals surface area contributed by atoms with Crippen molar-refractivity contribution in [2.75, 3.05) is 36.5 Å². The van der Waals surface area contributed by atoms with E-state index >= 15 is 0 Å². The van der Waals surface area contributed by atoms with Crippen molar-refractivity contribution in [1.82, 2.24) is 4.90 Å². The molecule has 3 aromatic rings. The van der Waals surface area contributed by atoms with Crippen molar-refractivity contribution in [2.24, 2.45) is 5.92 Å². The van der Waals surface area contributed by atoms with Gasteiger partial charge in [-0.15, -0.1) is 0 Å². The Morgan fingerprint density at radius 1 is 0.941 bits per heavy atom. The molecule has 0 aromatic heterocycles. The van der Waals surface area contributed by atoms with E-state index in [4.69, 9.17) is 17.3 Å². The third kappa shape index (κ3) is 5.65. The van der Waals surface area contributed by atoms with E-state index in [1.165, 1.54) is 6.08 Å². The van der Waals surface area contributed by atoms with E-state index < -0.39 is 0 Å². The van der Waals surface area contributed by atoms with Gasteiger partial charge in [-0.05, 0) is 48.5 Å². The molecule has 0 saturated carbocycles. The van der Waals surface area contributed by atoms with Gasteiger partial charge in [0, 0.05) is 25.1 Å². The van der Waals surface area contributed by atoms with E-state index in [9.17, 15) is 9.59 Å². The molecule has 4 N–H and O–H groups in total. The Morgan fingerprint density at radius 2 is 1.62 bits per heavy atom. The van der Waals surface area contributed by atoms with Gasteiger partial charge in [0.25, 0.3) is 0 Å². The van der Waals surface area contributed by atoms with Gasteiger partial charge in [-0.25, -0.2) is 0 Å². The number of nitrogens with one attached hydrogen (secondary N) is 2. The first-order valence-corrected chi connectivity index (χ1v) is 11.5. The zero-order chi connectivity index (χ0) is 24.1. The summed E-state index contributed by atoms with van der Waals surface area (Å²) >= 11 is 6.21. The van der Waals surface area contributed by atoms with E-state index in [1.807, 2.05) is 55.6 Å². The second kappa shape index (κ2) is 10.5. The van der Waals surface area contributed by atoms with Gasteiger partial charge < -0.3 is 21.3 Å². The topological polar surface area (TPSA) is 87.5 Å². The average molecular weight is 475 g/mol. The first kappa shape index (κ1) is 23.5. The van der Waals surface area contributed by atoms with Gasteiger partial charge in [-0.3, -0.25) is 9.59 Å². The highest BCUT2D eigenvalue weighted by atomic mass is 35.5. The Balaban J connectivity index is 1.42. The molecule has 34 heavy (non-hydrogen) atoms. The molecule has 1 saturated heterocycles. The van der Waals surface area contributed by atoms with Crippen LogP contribution in [0.4, 0.5) is 17.1 Å². The first-order valence-electron chi connectivity index (χ1n) is 11.1. The second-order valence-electron chi connectivity index (χ2n) is 8.48. The van der Waals surface area contributed by atoms with Gasteiger partial charge in [0.2, 0.25) is 11.8 Å². The number of amides is 2. The number of para-hydroxylation sites is 3. The number of nitrogens with zero attached hydrogens (tertiary/aromatic N) is 1. The van der Waals surface area contributed by atoms with E-state index in [-0.39, 0.29) is 23.7 Å². The number of anilines is 3. The van der Waals surface area contributed by atoms with Crippen molar-refractivity contribution in [3.63, 3.8) is 0 Å². The molecule has 1 aliphatic rings. The molecule has 174 valence electrons. The Bertz CT molecular complexity index is 1210. The predicted molar refractivity (Wildman–Crippen MR) is 139 cm³/mol. The lowest BCUT2D eigenvalue weighted by atomic mass is 9.88. The van der Waals surface area contributed by atoms with Crippen LogP contribution < -0.4 is 16.4 Å². The molecule has 2 amide bonds. The maximum absolute atomic E-state index is 13.1. The smallest absolute Gasteiger partial charge is 0.248 e. The Morgan fingerprint density at radius 3 is 2.32 bits per heavy atom. The van der Waals surface area contributed by atoms with Crippen molar-refractivity contribution >= 4 is 46.6 Å². The third-order valence-corrected chi connectivity index (χ3v) is 6.31. The minimum Gasteiger partial charge on any atom is -0.397 e. The summed E-state index contributed by atoms with van der Waals surface area (Å²) in [5, 5.41) is 6.27. The maximum atomic E-state index is 13.1. The zero-order valence-corrected chi connectivity index (χ0v) is 19.6. The molecule has 6 nitrogen and oxygen atoms in total. The highest BCUT2D eigenvalue weighted by Crippen LogP contribution is 2.34. The summed E-state index contributed by atoms with van der Waals surface area (Å²) in [6.45, 7) is 1.46. The monoisotopic (exact) mass is 474 g/mol. The van der Waals surface area contributed by atoms with Crippen LogP contribution in [0.15, 0.2) is 78.9 Å². The van der Waals surface area contributed by atoms with Gasteiger partial charge in [0.1, 0.15) is 0 Å². The molecule has 2 atom stereocenters. The van der Waals surface area contributed by atoms with Crippen molar-refractivity contribution in [2.45, 2.75) is 5.92 Å². The fourth-order valence-electron chi connectivity index (χ4n) is 4.20. The molecule has 3 aromatic carbocycles. The van der Waals surface area contributed by atoms with E-state index in [0.717, 1.165) is 17.7 Å². The highest BCUT2D eigenvalue weighted by molar-refractivity contribution is 6.33. The minimum absolute atomic E-state index is 0.0386. The third-order valence-electron chi connectivity index (χ3n) is 5.98. The van der Waals surface area contributed by atoms with Crippen LogP contribution in [0.5, 0.6) is 0 Å². The molecule has 0 radical (unpaired) electrons. The normalized spacial score (nSPS) is 18.2.